The minimum Gasteiger partial charge on any atom is -0.459 e. The third kappa shape index (κ3) is 5.82. The lowest BCUT2D eigenvalue weighted by atomic mass is 9.96. The first-order valence-corrected chi connectivity index (χ1v) is 12.4. The van der Waals surface area contributed by atoms with E-state index in [4.69, 9.17) is 4.74 Å². The van der Waals surface area contributed by atoms with Crippen molar-refractivity contribution >= 4 is 22.8 Å². The van der Waals surface area contributed by atoms with Gasteiger partial charge in [0.1, 0.15) is 17.8 Å². The number of amides is 1. The topological polar surface area (TPSA) is 88.2 Å². The molecule has 7 nitrogen and oxygen atoms in total. The number of nitrogens with zero attached hydrogens (tertiary/aromatic N) is 4. The zero-order chi connectivity index (χ0) is 27.8. The fourth-order valence-corrected chi connectivity index (χ4v) is 4.40. The van der Waals surface area contributed by atoms with Crippen LogP contribution >= 0.6 is 0 Å². The van der Waals surface area contributed by atoms with Gasteiger partial charge in [0.05, 0.1) is 22.7 Å². The second kappa shape index (κ2) is 10.1. The van der Waals surface area contributed by atoms with E-state index in [0.717, 1.165) is 25.0 Å². The number of carbonyl (C=O) groups excluding carboxylic acids is 2. The quantitative estimate of drug-likeness (QED) is 0.369. The van der Waals surface area contributed by atoms with E-state index in [-0.39, 0.29) is 41.7 Å². The lowest BCUT2D eigenvalue weighted by molar-refractivity contribution is -0.155. The SMILES string of the molecule is CCN(Cc1cc(C(F)(F)F)ccc1-c1nn(CC(=O)OC(C)(C)C)c2cccc(C#N)c12)C(=O)C1CC1. The summed E-state index contributed by atoms with van der Waals surface area (Å²) in [4.78, 5) is 27.0. The maximum Gasteiger partial charge on any atom is 0.416 e. The molecule has 0 atom stereocenters. The van der Waals surface area contributed by atoms with Gasteiger partial charge in [-0.1, -0.05) is 12.1 Å². The van der Waals surface area contributed by atoms with E-state index in [1.807, 2.05) is 0 Å². The molecule has 3 aromatic rings. The smallest absolute Gasteiger partial charge is 0.416 e. The molecule has 1 aliphatic carbocycles. The van der Waals surface area contributed by atoms with Crippen LogP contribution < -0.4 is 0 Å². The van der Waals surface area contributed by atoms with Crippen molar-refractivity contribution in [2.45, 2.75) is 65.4 Å². The van der Waals surface area contributed by atoms with E-state index in [2.05, 4.69) is 11.2 Å². The van der Waals surface area contributed by atoms with Crippen molar-refractivity contribution in [1.29, 1.82) is 5.26 Å². The second-order valence-corrected chi connectivity index (χ2v) is 10.4. The maximum atomic E-state index is 13.7. The number of carbonyl (C=O) groups is 2. The summed E-state index contributed by atoms with van der Waals surface area (Å²) in [5.74, 6) is -0.729. The average molecular weight is 527 g/mol. The Morgan fingerprint density at radius 2 is 1.89 bits per heavy atom. The average Bonchev–Trinajstić information content (AvgIpc) is 3.62. The molecule has 10 heteroatoms. The lowest BCUT2D eigenvalue weighted by Crippen LogP contribution is -2.31. The number of fused-ring (bicyclic) bond motifs is 1. The van der Waals surface area contributed by atoms with Crippen molar-refractivity contribution in [2.24, 2.45) is 5.92 Å². The standard InChI is InChI=1S/C28H29F3N4O3/c1-5-34(26(37)17-9-10-17)15-19-13-20(28(29,30)31)11-12-21(19)25-24-18(14-32)7-6-8-22(24)35(33-25)16-23(36)38-27(2,3)4/h6-8,11-13,17H,5,9-10,15-16H2,1-4H3. The highest BCUT2D eigenvalue weighted by molar-refractivity contribution is 5.98. The van der Waals surface area contributed by atoms with Crippen molar-refractivity contribution in [3.05, 3.63) is 53.1 Å². The Kier molecular flexibility index (Phi) is 7.24. The molecule has 1 fully saturated rings. The number of halogens is 3. The third-order valence-electron chi connectivity index (χ3n) is 6.27. The summed E-state index contributed by atoms with van der Waals surface area (Å²) < 4.78 is 47.9. The van der Waals surface area contributed by atoms with Crippen LogP contribution in [-0.4, -0.2) is 38.7 Å². The van der Waals surface area contributed by atoms with Crippen LogP contribution in [0.25, 0.3) is 22.2 Å². The molecule has 38 heavy (non-hydrogen) atoms. The lowest BCUT2D eigenvalue weighted by Gasteiger charge is -2.23. The van der Waals surface area contributed by atoms with Gasteiger partial charge in [0.25, 0.3) is 0 Å². The van der Waals surface area contributed by atoms with Crippen molar-refractivity contribution < 1.29 is 27.5 Å². The van der Waals surface area contributed by atoms with Crippen molar-refractivity contribution in [3.8, 4) is 17.3 Å². The highest BCUT2D eigenvalue weighted by Gasteiger charge is 2.35. The highest BCUT2D eigenvalue weighted by atomic mass is 19.4. The summed E-state index contributed by atoms with van der Waals surface area (Å²) >= 11 is 0. The van der Waals surface area contributed by atoms with Gasteiger partial charge in [-0.2, -0.15) is 23.5 Å². The van der Waals surface area contributed by atoms with E-state index < -0.39 is 23.3 Å². The van der Waals surface area contributed by atoms with E-state index in [0.29, 0.717) is 23.0 Å². The zero-order valence-corrected chi connectivity index (χ0v) is 21.7. The Hall–Kier alpha value is -3.87. The van der Waals surface area contributed by atoms with Crippen LogP contribution in [0.15, 0.2) is 36.4 Å². The number of rotatable bonds is 7. The van der Waals surface area contributed by atoms with Gasteiger partial charge in [0, 0.05) is 30.0 Å². The van der Waals surface area contributed by atoms with Gasteiger partial charge in [-0.25, -0.2) is 0 Å². The molecule has 1 aliphatic rings. The Bertz CT molecular complexity index is 1430. The zero-order valence-electron chi connectivity index (χ0n) is 21.7. The van der Waals surface area contributed by atoms with E-state index in [1.54, 1.807) is 50.8 Å². The molecule has 0 bridgehead atoms. The minimum atomic E-state index is -4.58. The van der Waals surface area contributed by atoms with Crippen LogP contribution in [0.5, 0.6) is 0 Å². The third-order valence-corrected chi connectivity index (χ3v) is 6.27. The van der Waals surface area contributed by atoms with Crippen LogP contribution in [0.2, 0.25) is 0 Å². The molecule has 2 aromatic carbocycles. The summed E-state index contributed by atoms with van der Waals surface area (Å²) in [6.07, 6.45) is -3.03. The first-order chi connectivity index (χ1) is 17.8. The molecule has 0 aliphatic heterocycles. The van der Waals surface area contributed by atoms with Crippen LogP contribution in [0, 0.1) is 17.2 Å². The Balaban J connectivity index is 1.87. The van der Waals surface area contributed by atoms with Gasteiger partial charge < -0.3 is 9.64 Å². The number of hydrogen-bond donors (Lipinski definition) is 0. The second-order valence-electron chi connectivity index (χ2n) is 10.4. The van der Waals surface area contributed by atoms with Gasteiger partial charge in [-0.15, -0.1) is 0 Å². The summed E-state index contributed by atoms with van der Waals surface area (Å²) in [6.45, 7) is 7.04. The van der Waals surface area contributed by atoms with Gasteiger partial charge in [-0.05, 0) is 70.4 Å². The molecule has 1 saturated carbocycles. The maximum absolute atomic E-state index is 13.7. The normalized spacial score (nSPS) is 13.8. The Morgan fingerprint density at radius 1 is 1.18 bits per heavy atom. The van der Waals surface area contributed by atoms with Crippen LogP contribution in [-0.2, 0) is 33.6 Å². The summed E-state index contributed by atoms with van der Waals surface area (Å²) in [5.41, 5.74) is 0.0442. The largest absolute Gasteiger partial charge is 0.459 e. The van der Waals surface area contributed by atoms with Crippen molar-refractivity contribution in [1.82, 2.24) is 14.7 Å². The van der Waals surface area contributed by atoms with Gasteiger partial charge in [0.15, 0.2) is 0 Å². The molecule has 1 aromatic heterocycles. The summed E-state index contributed by atoms with van der Waals surface area (Å²) in [6, 6.07) is 10.4. The number of benzene rings is 2. The van der Waals surface area contributed by atoms with Gasteiger partial charge in [0.2, 0.25) is 5.91 Å². The van der Waals surface area contributed by atoms with Gasteiger partial charge >= 0.3 is 12.1 Å². The highest BCUT2D eigenvalue weighted by Crippen LogP contribution is 2.38. The predicted molar refractivity (Wildman–Crippen MR) is 135 cm³/mol. The van der Waals surface area contributed by atoms with E-state index >= 15 is 0 Å². The fraction of sp³-hybridized carbons (Fsp3) is 0.429. The van der Waals surface area contributed by atoms with Crippen LogP contribution in [0.4, 0.5) is 13.2 Å². The molecule has 0 saturated heterocycles. The minimum absolute atomic E-state index is 0.0414. The van der Waals surface area contributed by atoms with E-state index in [9.17, 15) is 28.0 Å². The molecule has 0 radical (unpaired) electrons. The molecule has 1 heterocycles. The molecule has 200 valence electrons. The first-order valence-electron chi connectivity index (χ1n) is 12.4. The predicted octanol–water partition coefficient (Wildman–Crippen LogP) is 5.69. The Labute approximate surface area is 218 Å². The number of nitriles is 1. The first kappa shape index (κ1) is 27.2. The molecule has 0 N–H and O–H groups in total. The number of ether oxygens (including phenoxy) is 1. The van der Waals surface area contributed by atoms with Crippen LogP contribution in [0.1, 0.15) is 57.2 Å². The number of esters is 1. The summed E-state index contributed by atoms with van der Waals surface area (Å²) in [7, 11) is 0. The number of aromatic nitrogens is 2. The fourth-order valence-electron chi connectivity index (χ4n) is 4.40. The Morgan fingerprint density at radius 3 is 2.47 bits per heavy atom. The molecule has 0 spiro atoms. The summed E-state index contributed by atoms with van der Waals surface area (Å²) in [5, 5.41) is 14.8. The molecule has 0 unspecified atom stereocenters. The number of alkyl halides is 3. The molecular formula is C28H29F3N4O3. The van der Waals surface area contributed by atoms with Crippen molar-refractivity contribution in [3.63, 3.8) is 0 Å². The number of hydrogen-bond acceptors (Lipinski definition) is 5. The monoisotopic (exact) mass is 526 g/mol. The van der Waals surface area contributed by atoms with E-state index in [1.165, 1.54) is 10.7 Å². The van der Waals surface area contributed by atoms with Crippen LogP contribution in [0.3, 0.4) is 0 Å². The molecular weight excluding hydrogens is 497 g/mol. The molecule has 1 amide bonds. The molecule has 4 rings (SSSR count). The van der Waals surface area contributed by atoms with Gasteiger partial charge in [-0.3, -0.25) is 14.3 Å². The van der Waals surface area contributed by atoms with Crippen molar-refractivity contribution in [2.75, 3.05) is 6.54 Å².